The molecule has 1 unspecified atom stereocenters. The van der Waals surface area contributed by atoms with E-state index in [-0.39, 0.29) is 31.2 Å². The second kappa shape index (κ2) is 8.91. The molecular formula is C18H26ClF2N3O. The van der Waals surface area contributed by atoms with Gasteiger partial charge in [0, 0.05) is 19.0 Å². The van der Waals surface area contributed by atoms with E-state index in [1.165, 1.54) is 17.0 Å². The van der Waals surface area contributed by atoms with E-state index in [2.05, 4.69) is 0 Å². The van der Waals surface area contributed by atoms with E-state index < -0.39 is 29.9 Å². The maximum atomic E-state index is 13.6. The Morgan fingerprint density at radius 1 is 1.40 bits per heavy atom. The number of halogens is 3. The maximum absolute atomic E-state index is 13.6. The van der Waals surface area contributed by atoms with Crippen LogP contribution in [-0.2, 0) is 6.42 Å². The highest BCUT2D eigenvalue weighted by Crippen LogP contribution is 2.31. The Kier molecular flexibility index (Phi) is 7.76. The number of likely N-dealkylation sites (tertiary alicyclic amines) is 1. The number of aliphatic hydroxyl groups excluding tert-OH is 1. The van der Waals surface area contributed by atoms with Crippen molar-refractivity contribution in [3.8, 4) is 6.07 Å². The topological polar surface area (TPSA) is 73.3 Å². The zero-order valence-corrected chi connectivity index (χ0v) is 15.3. The summed E-state index contributed by atoms with van der Waals surface area (Å²) in [7, 11) is 0. The third-order valence-electron chi connectivity index (χ3n) is 4.97. The number of rotatable bonds is 6. The molecule has 1 saturated heterocycles. The lowest BCUT2D eigenvalue weighted by Gasteiger charge is -2.39. The van der Waals surface area contributed by atoms with Gasteiger partial charge in [0.1, 0.15) is 24.3 Å². The molecule has 1 aliphatic rings. The van der Waals surface area contributed by atoms with Crippen LogP contribution in [0.5, 0.6) is 0 Å². The van der Waals surface area contributed by atoms with Crippen molar-refractivity contribution in [1.82, 2.24) is 4.90 Å². The average molecular weight is 374 g/mol. The third-order valence-corrected chi connectivity index (χ3v) is 4.97. The Morgan fingerprint density at radius 3 is 2.56 bits per heavy atom. The Balaban J connectivity index is 0.00000312. The first kappa shape index (κ1) is 21.8. The smallest absolute Gasteiger partial charge is 0.124 e. The van der Waals surface area contributed by atoms with Crippen molar-refractivity contribution >= 4 is 12.4 Å². The van der Waals surface area contributed by atoms with Gasteiger partial charge in [0.05, 0.1) is 6.07 Å². The Morgan fingerprint density at radius 2 is 2.00 bits per heavy atom. The first-order valence-corrected chi connectivity index (χ1v) is 8.22. The van der Waals surface area contributed by atoms with Gasteiger partial charge in [-0.2, -0.15) is 5.26 Å². The van der Waals surface area contributed by atoms with Gasteiger partial charge in [-0.1, -0.05) is 26.0 Å². The largest absolute Gasteiger partial charge is 0.377 e. The van der Waals surface area contributed by atoms with Gasteiger partial charge in [-0.15, -0.1) is 12.4 Å². The lowest BCUT2D eigenvalue weighted by Crippen LogP contribution is -2.55. The van der Waals surface area contributed by atoms with Crippen LogP contribution in [0.15, 0.2) is 24.3 Å². The van der Waals surface area contributed by atoms with Gasteiger partial charge >= 0.3 is 0 Å². The monoisotopic (exact) mass is 373 g/mol. The Labute approximate surface area is 154 Å². The molecule has 1 aromatic rings. The van der Waals surface area contributed by atoms with Crippen molar-refractivity contribution < 1.29 is 13.9 Å². The molecule has 1 aromatic carbocycles. The number of aryl methyl sites for hydroxylation is 1. The van der Waals surface area contributed by atoms with Gasteiger partial charge < -0.3 is 10.8 Å². The Bertz CT molecular complexity index is 591. The molecular weight excluding hydrogens is 348 g/mol. The molecule has 25 heavy (non-hydrogen) atoms. The summed E-state index contributed by atoms with van der Waals surface area (Å²) in [6.45, 7) is 3.91. The van der Waals surface area contributed by atoms with Crippen LogP contribution in [0, 0.1) is 22.6 Å². The zero-order valence-electron chi connectivity index (χ0n) is 14.5. The number of benzene rings is 1. The zero-order chi connectivity index (χ0) is 17.9. The molecule has 1 fully saturated rings. The van der Waals surface area contributed by atoms with Crippen LogP contribution in [0.25, 0.3) is 0 Å². The fourth-order valence-electron chi connectivity index (χ4n) is 3.12. The van der Waals surface area contributed by atoms with Crippen molar-refractivity contribution in [2.24, 2.45) is 11.1 Å². The molecule has 1 heterocycles. The van der Waals surface area contributed by atoms with Crippen LogP contribution in [-0.4, -0.2) is 41.0 Å². The number of hydrogen-bond donors (Lipinski definition) is 2. The minimum atomic E-state index is -1.11. The molecule has 0 saturated carbocycles. The number of hydrogen-bond acceptors (Lipinski definition) is 4. The SMILES string of the molecule is CC(C)(CCc1ccc(F)cc1)[C@H](N)C(O)N1C[C@@H](F)C[C@H]1C#N.Cl. The summed E-state index contributed by atoms with van der Waals surface area (Å²) in [5.41, 5.74) is 6.81. The molecule has 0 aromatic heterocycles. The van der Waals surface area contributed by atoms with Crippen LogP contribution < -0.4 is 5.73 Å². The molecule has 0 bridgehead atoms. The summed E-state index contributed by atoms with van der Waals surface area (Å²) in [6.07, 6.45) is -0.698. The fraction of sp³-hybridized carbons (Fsp3) is 0.611. The van der Waals surface area contributed by atoms with Gasteiger partial charge in [0.2, 0.25) is 0 Å². The molecule has 3 N–H and O–H groups in total. The molecule has 140 valence electrons. The maximum Gasteiger partial charge on any atom is 0.124 e. The van der Waals surface area contributed by atoms with E-state index in [9.17, 15) is 13.9 Å². The second-order valence-corrected chi connectivity index (χ2v) is 7.23. The molecule has 0 aliphatic carbocycles. The summed E-state index contributed by atoms with van der Waals surface area (Å²) in [4.78, 5) is 1.45. The predicted octanol–water partition coefficient (Wildman–Crippen LogP) is 2.79. The van der Waals surface area contributed by atoms with E-state index in [0.717, 1.165) is 5.56 Å². The van der Waals surface area contributed by atoms with Crippen LogP contribution in [0.3, 0.4) is 0 Å². The van der Waals surface area contributed by atoms with Crippen LogP contribution in [0.2, 0.25) is 0 Å². The van der Waals surface area contributed by atoms with Gasteiger partial charge in [0.15, 0.2) is 0 Å². The Hall–Kier alpha value is -1.26. The summed E-state index contributed by atoms with van der Waals surface area (Å²) in [5.74, 6) is -0.275. The summed E-state index contributed by atoms with van der Waals surface area (Å²) >= 11 is 0. The van der Waals surface area contributed by atoms with Crippen LogP contribution >= 0.6 is 12.4 Å². The fourth-order valence-corrected chi connectivity index (χ4v) is 3.12. The number of nitrogens with two attached hydrogens (primary N) is 1. The summed E-state index contributed by atoms with van der Waals surface area (Å²) in [5, 5.41) is 19.7. The van der Waals surface area contributed by atoms with Gasteiger partial charge in [-0.3, -0.25) is 4.90 Å². The number of alkyl halides is 1. The van der Waals surface area contributed by atoms with Gasteiger partial charge in [-0.05, 0) is 36.0 Å². The van der Waals surface area contributed by atoms with Gasteiger partial charge in [0.25, 0.3) is 0 Å². The van der Waals surface area contributed by atoms with Crippen molar-refractivity contribution in [2.75, 3.05) is 6.54 Å². The average Bonchev–Trinajstić information content (AvgIpc) is 2.94. The first-order valence-electron chi connectivity index (χ1n) is 8.22. The van der Waals surface area contributed by atoms with Crippen molar-refractivity contribution in [2.45, 2.75) is 57.6 Å². The highest BCUT2D eigenvalue weighted by Gasteiger charge is 2.42. The van der Waals surface area contributed by atoms with Crippen molar-refractivity contribution in [3.63, 3.8) is 0 Å². The highest BCUT2D eigenvalue weighted by molar-refractivity contribution is 5.85. The first-order chi connectivity index (χ1) is 11.2. The minimum absolute atomic E-state index is 0. The lowest BCUT2D eigenvalue weighted by molar-refractivity contribution is -0.0452. The molecule has 7 heteroatoms. The second-order valence-electron chi connectivity index (χ2n) is 7.23. The van der Waals surface area contributed by atoms with E-state index in [4.69, 9.17) is 11.0 Å². The van der Waals surface area contributed by atoms with Crippen LogP contribution in [0.4, 0.5) is 8.78 Å². The number of nitriles is 1. The third kappa shape index (κ3) is 5.35. The number of aliphatic hydroxyl groups is 1. The number of nitrogens with zero attached hydrogens (tertiary/aromatic N) is 2. The molecule has 0 amide bonds. The standard InChI is InChI=1S/C18H25F2N3O.ClH/c1-18(2,8-7-12-3-5-13(19)6-4-12)16(22)17(24)23-11-14(20)9-15(23)10-21;/h3-6,14-17,24H,7-9,11,22H2,1-2H3;1H/t14-,15-,16+,17?;/m0./s1. The molecule has 4 nitrogen and oxygen atoms in total. The molecule has 1 aliphatic heterocycles. The summed E-state index contributed by atoms with van der Waals surface area (Å²) < 4.78 is 26.5. The molecule has 0 spiro atoms. The molecule has 2 rings (SSSR count). The van der Waals surface area contributed by atoms with E-state index in [1.807, 2.05) is 19.9 Å². The highest BCUT2D eigenvalue weighted by atomic mass is 35.5. The van der Waals surface area contributed by atoms with Crippen LogP contribution in [0.1, 0.15) is 32.3 Å². The summed E-state index contributed by atoms with van der Waals surface area (Å²) in [6, 6.07) is 7.05. The predicted molar refractivity (Wildman–Crippen MR) is 95.4 cm³/mol. The molecule has 0 radical (unpaired) electrons. The van der Waals surface area contributed by atoms with E-state index in [0.29, 0.717) is 12.8 Å². The quantitative estimate of drug-likeness (QED) is 0.804. The van der Waals surface area contributed by atoms with Crippen molar-refractivity contribution in [3.05, 3.63) is 35.6 Å². The molecule has 4 atom stereocenters. The normalized spacial score (nSPS) is 23.6. The van der Waals surface area contributed by atoms with E-state index >= 15 is 0 Å². The minimum Gasteiger partial charge on any atom is -0.377 e. The lowest BCUT2D eigenvalue weighted by atomic mass is 9.78. The van der Waals surface area contributed by atoms with Gasteiger partial charge in [-0.25, -0.2) is 8.78 Å². The van der Waals surface area contributed by atoms with E-state index in [1.54, 1.807) is 12.1 Å². The van der Waals surface area contributed by atoms with Crippen molar-refractivity contribution in [1.29, 1.82) is 5.26 Å².